The van der Waals surface area contributed by atoms with Gasteiger partial charge in [-0.05, 0) is 38.5 Å². The standard InChI is InChI=1S/C18H16F3N3O2S2/c1-7-8(2)27-16-12(7)17(26)24(4)18(23-16)28-9(3)15(25)22-11-6-5-10(19)13(20)14(11)21/h5-6,9H,1-4H3,(H,22,25). The van der Waals surface area contributed by atoms with Gasteiger partial charge in [0.1, 0.15) is 4.83 Å². The first-order valence-electron chi connectivity index (χ1n) is 8.19. The van der Waals surface area contributed by atoms with Crippen molar-refractivity contribution in [2.45, 2.75) is 31.2 Å². The lowest BCUT2D eigenvalue weighted by Crippen LogP contribution is -2.26. The van der Waals surface area contributed by atoms with Gasteiger partial charge in [-0.3, -0.25) is 14.2 Å². The van der Waals surface area contributed by atoms with Crippen molar-refractivity contribution in [3.05, 3.63) is 50.4 Å². The second-order valence-corrected chi connectivity index (χ2v) is 8.71. The van der Waals surface area contributed by atoms with Crippen molar-refractivity contribution in [1.82, 2.24) is 9.55 Å². The molecule has 0 spiro atoms. The molecule has 1 atom stereocenters. The number of benzene rings is 1. The van der Waals surface area contributed by atoms with Crippen molar-refractivity contribution in [2.24, 2.45) is 7.05 Å². The molecule has 0 bridgehead atoms. The van der Waals surface area contributed by atoms with Gasteiger partial charge in [0.05, 0.1) is 16.3 Å². The fraction of sp³-hybridized carbons (Fsp3) is 0.278. The fourth-order valence-corrected chi connectivity index (χ4v) is 4.47. The van der Waals surface area contributed by atoms with Crippen molar-refractivity contribution in [3.8, 4) is 0 Å². The molecule has 0 saturated heterocycles. The number of aromatic nitrogens is 2. The van der Waals surface area contributed by atoms with Crippen LogP contribution in [-0.4, -0.2) is 20.7 Å². The molecule has 1 amide bonds. The smallest absolute Gasteiger partial charge is 0.262 e. The Hall–Kier alpha value is -2.33. The Morgan fingerprint density at radius 2 is 1.93 bits per heavy atom. The second-order valence-electron chi connectivity index (χ2n) is 6.19. The van der Waals surface area contributed by atoms with Crippen LogP contribution in [0.15, 0.2) is 22.1 Å². The Labute approximate surface area is 166 Å². The van der Waals surface area contributed by atoms with E-state index in [1.807, 2.05) is 13.8 Å². The average Bonchev–Trinajstić information content (AvgIpc) is 2.93. The van der Waals surface area contributed by atoms with Gasteiger partial charge >= 0.3 is 0 Å². The molecule has 0 aliphatic carbocycles. The number of fused-ring (bicyclic) bond motifs is 1. The number of hydrogen-bond donors (Lipinski definition) is 1. The first-order chi connectivity index (χ1) is 13.1. The second kappa shape index (κ2) is 7.59. The summed E-state index contributed by atoms with van der Waals surface area (Å²) in [5.41, 5.74) is 0.205. The molecule has 1 N–H and O–H groups in total. The Bertz CT molecular complexity index is 1160. The molecule has 3 aromatic rings. The lowest BCUT2D eigenvalue weighted by atomic mass is 10.2. The number of hydrogen-bond acceptors (Lipinski definition) is 5. The lowest BCUT2D eigenvalue weighted by Gasteiger charge is -2.14. The van der Waals surface area contributed by atoms with Gasteiger partial charge in [-0.1, -0.05) is 11.8 Å². The summed E-state index contributed by atoms with van der Waals surface area (Å²) in [6.07, 6.45) is 0. The van der Waals surface area contributed by atoms with Crippen LogP contribution in [0.4, 0.5) is 18.9 Å². The summed E-state index contributed by atoms with van der Waals surface area (Å²) in [5, 5.41) is 2.33. The zero-order valence-corrected chi connectivity index (χ0v) is 17.0. The van der Waals surface area contributed by atoms with Crippen LogP contribution in [0.1, 0.15) is 17.4 Å². The molecule has 0 radical (unpaired) electrons. The number of amides is 1. The number of carbonyl (C=O) groups excluding carboxylic acids is 1. The summed E-state index contributed by atoms with van der Waals surface area (Å²) in [7, 11) is 1.56. The van der Waals surface area contributed by atoms with Crippen LogP contribution in [0.2, 0.25) is 0 Å². The van der Waals surface area contributed by atoms with Gasteiger partial charge < -0.3 is 5.32 Å². The predicted molar refractivity (Wildman–Crippen MR) is 105 cm³/mol. The number of thioether (sulfide) groups is 1. The van der Waals surface area contributed by atoms with E-state index < -0.39 is 34.3 Å². The maximum absolute atomic E-state index is 13.8. The summed E-state index contributed by atoms with van der Waals surface area (Å²) >= 11 is 2.40. The third-order valence-corrected chi connectivity index (χ3v) is 6.56. The monoisotopic (exact) mass is 427 g/mol. The van der Waals surface area contributed by atoms with Crippen molar-refractivity contribution in [1.29, 1.82) is 0 Å². The third kappa shape index (κ3) is 3.53. The maximum Gasteiger partial charge on any atom is 0.262 e. The number of thiophene rings is 1. The average molecular weight is 427 g/mol. The summed E-state index contributed by atoms with van der Waals surface area (Å²) in [4.78, 5) is 31.0. The molecule has 10 heteroatoms. The van der Waals surface area contributed by atoms with Crippen molar-refractivity contribution in [3.63, 3.8) is 0 Å². The van der Waals surface area contributed by atoms with E-state index in [0.29, 0.717) is 15.4 Å². The van der Waals surface area contributed by atoms with Crippen LogP contribution in [0.3, 0.4) is 0 Å². The third-order valence-electron chi connectivity index (χ3n) is 4.31. The zero-order valence-electron chi connectivity index (χ0n) is 15.4. The normalized spacial score (nSPS) is 12.4. The molecule has 0 saturated carbocycles. The summed E-state index contributed by atoms with van der Waals surface area (Å²) in [6, 6.07) is 1.67. The molecule has 148 valence electrons. The zero-order chi connectivity index (χ0) is 20.7. The quantitative estimate of drug-likeness (QED) is 0.386. The van der Waals surface area contributed by atoms with Gasteiger partial charge in [0.25, 0.3) is 5.56 Å². The number of rotatable bonds is 4. The minimum Gasteiger partial charge on any atom is -0.323 e. The van der Waals surface area contributed by atoms with Crippen molar-refractivity contribution < 1.29 is 18.0 Å². The van der Waals surface area contributed by atoms with Crippen LogP contribution in [-0.2, 0) is 11.8 Å². The molecule has 0 aliphatic rings. The van der Waals surface area contributed by atoms with Crippen LogP contribution >= 0.6 is 23.1 Å². The van der Waals surface area contributed by atoms with Crippen LogP contribution in [0.5, 0.6) is 0 Å². The number of halogens is 3. The van der Waals surface area contributed by atoms with E-state index >= 15 is 0 Å². The van der Waals surface area contributed by atoms with E-state index in [1.165, 1.54) is 15.9 Å². The summed E-state index contributed by atoms with van der Waals surface area (Å²) < 4.78 is 41.4. The molecule has 1 unspecified atom stereocenters. The molecular formula is C18H16F3N3O2S2. The molecule has 0 aliphatic heterocycles. The van der Waals surface area contributed by atoms with E-state index in [1.54, 1.807) is 14.0 Å². The highest BCUT2D eigenvalue weighted by atomic mass is 32.2. The molecule has 2 heterocycles. The van der Waals surface area contributed by atoms with Crippen molar-refractivity contribution >= 4 is 44.9 Å². The molecule has 28 heavy (non-hydrogen) atoms. The Morgan fingerprint density at radius 1 is 1.25 bits per heavy atom. The van der Waals surface area contributed by atoms with E-state index in [4.69, 9.17) is 0 Å². The van der Waals surface area contributed by atoms with Gasteiger partial charge in [-0.15, -0.1) is 11.3 Å². The molecule has 2 aromatic heterocycles. The van der Waals surface area contributed by atoms with Crippen molar-refractivity contribution in [2.75, 3.05) is 5.32 Å². The molecular weight excluding hydrogens is 411 g/mol. The SMILES string of the molecule is Cc1sc2nc(SC(C)C(=O)Nc3ccc(F)c(F)c3F)n(C)c(=O)c2c1C. The topological polar surface area (TPSA) is 64.0 Å². The van der Waals surface area contributed by atoms with E-state index in [0.717, 1.165) is 34.3 Å². The molecule has 3 rings (SSSR count). The Kier molecular flexibility index (Phi) is 5.53. The molecule has 0 fully saturated rings. The Morgan fingerprint density at radius 3 is 2.61 bits per heavy atom. The van der Waals surface area contributed by atoms with Gasteiger partial charge in [-0.25, -0.2) is 18.2 Å². The highest BCUT2D eigenvalue weighted by Gasteiger charge is 2.22. The van der Waals surface area contributed by atoms with Crippen LogP contribution in [0.25, 0.3) is 10.2 Å². The van der Waals surface area contributed by atoms with Gasteiger partial charge in [-0.2, -0.15) is 0 Å². The highest BCUT2D eigenvalue weighted by Crippen LogP contribution is 2.29. The highest BCUT2D eigenvalue weighted by molar-refractivity contribution is 8.00. The van der Waals surface area contributed by atoms with Gasteiger partial charge in [0.2, 0.25) is 5.91 Å². The van der Waals surface area contributed by atoms with Crippen LogP contribution in [0, 0.1) is 31.3 Å². The summed E-state index contributed by atoms with van der Waals surface area (Å²) in [6.45, 7) is 5.30. The van der Waals surface area contributed by atoms with Gasteiger partial charge in [0, 0.05) is 11.9 Å². The fourth-order valence-electron chi connectivity index (χ4n) is 2.53. The molecule has 1 aromatic carbocycles. The minimum absolute atomic E-state index is 0.214. The first kappa shape index (κ1) is 20.4. The number of carbonyl (C=O) groups is 1. The molecule has 5 nitrogen and oxygen atoms in total. The minimum atomic E-state index is -1.66. The Balaban J connectivity index is 1.86. The summed E-state index contributed by atoms with van der Waals surface area (Å²) in [5.74, 6) is -5.10. The lowest BCUT2D eigenvalue weighted by molar-refractivity contribution is -0.115. The van der Waals surface area contributed by atoms with E-state index in [2.05, 4.69) is 10.3 Å². The van der Waals surface area contributed by atoms with Gasteiger partial charge in [0.15, 0.2) is 22.6 Å². The first-order valence-corrected chi connectivity index (χ1v) is 9.89. The van der Waals surface area contributed by atoms with Crippen LogP contribution < -0.4 is 10.9 Å². The van der Waals surface area contributed by atoms with E-state index in [-0.39, 0.29) is 5.56 Å². The number of nitrogens with zero attached hydrogens (tertiary/aromatic N) is 2. The number of anilines is 1. The number of aryl methyl sites for hydroxylation is 2. The predicted octanol–water partition coefficient (Wildman–Crippen LogP) is 4.15. The largest absolute Gasteiger partial charge is 0.323 e. The number of nitrogens with one attached hydrogen (secondary N) is 1. The van der Waals surface area contributed by atoms with E-state index in [9.17, 15) is 22.8 Å². The maximum atomic E-state index is 13.8.